The first-order valence-corrected chi connectivity index (χ1v) is 10.9. The van der Waals surface area contributed by atoms with E-state index in [1.54, 1.807) is 26.0 Å². The van der Waals surface area contributed by atoms with Gasteiger partial charge < -0.3 is 14.4 Å². The van der Waals surface area contributed by atoms with E-state index in [-0.39, 0.29) is 37.7 Å². The molecule has 2 heterocycles. The van der Waals surface area contributed by atoms with Crippen LogP contribution in [0.3, 0.4) is 0 Å². The van der Waals surface area contributed by atoms with Crippen LogP contribution in [-0.2, 0) is 58.2 Å². The Morgan fingerprint density at radius 2 is 1.46 bits per heavy atom. The van der Waals surface area contributed by atoms with Crippen molar-refractivity contribution in [3.63, 3.8) is 0 Å². The summed E-state index contributed by atoms with van der Waals surface area (Å²) in [6.07, 6.45) is -0.118. The van der Waals surface area contributed by atoms with Gasteiger partial charge in [0.15, 0.2) is 9.84 Å². The molecule has 0 fully saturated rings. The van der Waals surface area contributed by atoms with Crippen molar-refractivity contribution in [3.05, 3.63) is 34.4 Å². The third-order valence-electron chi connectivity index (χ3n) is 5.11. The molecule has 0 saturated heterocycles. The minimum Gasteiger partial charge on any atom is -0.464 e. The number of ether oxygens (including phenoxy) is 2. The predicted octanol–water partition coefficient (Wildman–Crippen LogP) is 0.885. The molecule has 28 heavy (non-hydrogen) atoms. The molecule has 0 N–H and O–H groups in total. The topological polar surface area (TPSA) is 107 Å². The summed E-state index contributed by atoms with van der Waals surface area (Å²) < 4.78 is 34.2. The molecule has 0 aromatic heterocycles. The highest BCUT2D eigenvalue weighted by Crippen LogP contribution is 2.37. The zero-order valence-electron chi connectivity index (χ0n) is 16.1. The summed E-state index contributed by atoms with van der Waals surface area (Å²) in [7, 11) is -3.21. The molecule has 0 atom stereocenters. The monoisotopic (exact) mass is 409 g/mol. The quantitative estimate of drug-likeness (QED) is 0.537. The van der Waals surface area contributed by atoms with Crippen molar-refractivity contribution in [2.45, 2.75) is 50.8 Å². The second-order valence-corrected chi connectivity index (χ2v) is 9.07. The number of carbonyl (C=O) groups excluding carboxylic acids is 3. The van der Waals surface area contributed by atoms with Crippen molar-refractivity contribution < 1.29 is 32.3 Å². The third-order valence-corrected chi connectivity index (χ3v) is 6.62. The van der Waals surface area contributed by atoms with Crippen LogP contribution in [0.1, 0.15) is 43.0 Å². The van der Waals surface area contributed by atoms with E-state index in [0.29, 0.717) is 16.7 Å². The first-order valence-electron chi connectivity index (χ1n) is 9.11. The molecule has 1 aromatic rings. The van der Waals surface area contributed by atoms with Crippen LogP contribution in [0.5, 0.6) is 0 Å². The third kappa shape index (κ3) is 3.28. The number of carbonyl (C=O) groups is 3. The summed E-state index contributed by atoms with van der Waals surface area (Å²) >= 11 is 0. The van der Waals surface area contributed by atoms with E-state index in [4.69, 9.17) is 9.47 Å². The van der Waals surface area contributed by atoms with Gasteiger partial charge in [0, 0.05) is 19.9 Å². The number of esters is 2. The highest BCUT2D eigenvalue weighted by molar-refractivity contribution is 7.90. The fraction of sp³-hybridized carbons (Fsp3) is 0.526. The lowest BCUT2D eigenvalue weighted by atomic mass is 9.81. The van der Waals surface area contributed by atoms with Crippen LogP contribution in [0.25, 0.3) is 0 Å². The molecule has 152 valence electrons. The average Bonchev–Trinajstić information content (AvgIpc) is 2.91. The van der Waals surface area contributed by atoms with E-state index >= 15 is 0 Å². The van der Waals surface area contributed by atoms with Crippen LogP contribution in [0, 0.1) is 0 Å². The second-order valence-electron chi connectivity index (χ2n) is 7.01. The van der Waals surface area contributed by atoms with Crippen LogP contribution in [0.2, 0.25) is 0 Å². The van der Waals surface area contributed by atoms with E-state index in [0.717, 1.165) is 5.56 Å². The molecule has 0 saturated carbocycles. The molecule has 0 bridgehead atoms. The van der Waals surface area contributed by atoms with Gasteiger partial charge in [-0.15, -0.1) is 0 Å². The molecule has 1 amide bonds. The Bertz CT molecular complexity index is 933. The van der Waals surface area contributed by atoms with Crippen molar-refractivity contribution in [2.24, 2.45) is 0 Å². The highest BCUT2D eigenvalue weighted by atomic mass is 32.2. The molecule has 0 aliphatic carbocycles. The fourth-order valence-corrected chi connectivity index (χ4v) is 5.49. The highest BCUT2D eigenvalue weighted by Gasteiger charge is 2.57. The Morgan fingerprint density at radius 1 is 0.964 bits per heavy atom. The smallest absolute Gasteiger partial charge is 0.344 e. The minimum absolute atomic E-state index is 0.00434. The maximum Gasteiger partial charge on any atom is 0.344 e. The second kappa shape index (κ2) is 7.20. The van der Waals surface area contributed by atoms with E-state index < -0.39 is 33.2 Å². The zero-order valence-corrected chi connectivity index (χ0v) is 16.9. The summed E-state index contributed by atoms with van der Waals surface area (Å²) in [5, 5.41) is 0. The molecular formula is C19H23NO7S. The van der Waals surface area contributed by atoms with Gasteiger partial charge in [0.25, 0.3) is 0 Å². The van der Waals surface area contributed by atoms with E-state index in [1.165, 1.54) is 11.8 Å². The van der Waals surface area contributed by atoms with Crippen LogP contribution in [0.15, 0.2) is 12.1 Å². The summed E-state index contributed by atoms with van der Waals surface area (Å²) in [5.41, 5.74) is 0.805. The molecule has 3 rings (SSSR count). The summed E-state index contributed by atoms with van der Waals surface area (Å²) in [6, 6.07) is 3.48. The van der Waals surface area contributed by atoms with Gasteiger partial charge in [-0.25, -0.2) is 18.0 Å². The molecule has 0 unspecified atom stereocenters. The van der Waals surface area contributed by atoms with Gasteiger partial charge >= 0.3 is 11.9 Å². The Balaban J connectivity index is 2.15. The molecule has 9 heteroatoms. The van der Waals surface area contributed by atoms with Gasteiger partial charge in [-0.2, -0.15) is 0 Å². The van der Waals surface area contributed by atoms with Crippen LogP contribution >= 0.6 is 0 Å². The van der Waals surface area contributed by atoms with E-state index in [2.05, 4.69) is 0 Å². The van der Waals surface area contributed by atoms with Gasteiger partial charge in [0.1, 0.15) is 0 Å². The number of sulfone groups is 1. The molecular weight excluding hydrogens is 386 g/mol. The van der Waals surface area contributed by atoms with Crippen molar-refractivity contribution in [1.29, 1.82) is 0 Å². The van der Waals surface area contributed by atoms with Crippen LogP contribution < -0.4 is 0 Å². The number of benzene rings is 1. The predicted molar refractivity (Wildman–Crippen MR) is 98.7 cm³/mol. The van der Waals surface area contributed by atoms with Gasteiger partial charge in [0.2, 0.25) is 11.4 Å². The van der Waals surface area contributed by atoms with E-state index in [1.807, 2.05) is 0 Å². The zero-order chi connectivity index (χ0) is 20.7. The van der Waals surface area contributed by atoms with E-state index in [9.17, 15) is 22.8 Å². The summed E-state index contributed by atoms with van der Waals surface area (Å²) in [6.45, 7) is 4.58. The number of rotatable bonds is 4. The number of hydrogen-bond acceptors (Lipinski definition) is 7. The number of amides is 1. The lowest BCUT2D eigenvalue weighted by Gasteiger charge is -2.43. The van der Waals surface area contributed by atoms with Crippen LogP contribution in [0.4, 0.5) is 0 Å². The van der Waals surface area contributed by atoms with Gasteiger partial charge in [-0.3, -0.25) is 4.79 Å². The lowest BCUT2D eigenvalue weighted by molar-refractivity contribution is -0.180. The molecule has 0 spiro atoms. The molecule has 8 nitrogen and oxygen atoms in total. The minimum atomic E-state index is -3.21. The molecule has 2 aliphatic heterocycles. The van der Waals surface area contributed by atoms with Crippen molar-refractivity contribution >= 4 is 27.7 Å². The maximum absolute atomic E-state index is 12.9. The Morgan fingerprint density at radius 3 is 1.93 bits per heavy atom. The first kappa shape index (κ1) is 20.3. The lowest BCUT2D eigenvalue weighted by Crippen LogP contribution is -2.65. The Kier molecular flexibility index (Phi) is 5.22. The first-order chi connectivity index (χ1) is 13.1. The van der Waals surface area contributed by atoms with Crippen LogP contribution in [-0.4, -0.2) is 49.9 Å². The maximum atomic E-state index is 12.9. The molecule has 2 aliphatic rings. The normalized spacial score (nSPS) is 18.8. The number of hydrogen-bond donors (Lipinski definition) is 0. The average molecular weight is 409 g/mol. The fourth-order valence-electron chi connectivity index (χ4n) is 3.90. The number of fused-ring (bicyclic) bond motifs is 2. The van der Waals surface area contributed by atoms with Crippen molar-refractivity contribution in [2.75, 3.05) is 13.2 Å². The summed E-state index contributed by atoms with van der Waals surface area (Å²) in [5.74, 6) is -2.28. The van der Waals surface area contributed by atoms with Crippen molar-refractivity contribution in [1.82, 2.24) is 4.90 Å². The van der Waals surface area contributed by atoms with Gasteiger partial charge in [-0.1, -0.05) is 12.1 Å². The Hall–Kier alpha value is -2.42. The summed E-state index contributed by atoms with van der Waals surface area (Å²) in [4.78, 5) is 39.3. The van der Waals surface area contributed by atoms with Gasteiger partial charge in [-0.05, 0) is 36.1 Å². The van der Waals surface area contributed by atoms with Crippen molar-refractivity contribution in [3.8, 4) is 0 Å². The molecule has 0 radical (unpaired) electrons. The standard InChI is InChI=1S/C19H23NO7S/c1-4-26-17(22)19(18(23)27-5-2)8-13-6-15-10-28(24,25)11-16(15)7-14(13)9-20(19)12(3)21/h6-7H,4-5,8-11H2,1-3H3. The van der Waals surface area contributed by atoms with Gasteiger partial charge in [0.05, 0.1) is 24.7 Å². The largest absolute Gasteiger partial charge is 0.464 e. The number of nitrogens with zero attached hydrogens (tertiary/aromatic N) is 1. The Labute approximate surface area is 163 Å². The SMILES string of the molecule is CCOC(=O)C1(C(=O)OCC)Cc2cc3c(cc2CN1C(C)=O)CS(=O)(=O)C3. The molecule has 1 aromatic carbocycles.